The van der Waals surface area contributed by atoms with E-state index < -0.39 is 17.7 Å². The molecule has 0 aliphatic rings. The van der Waals surface area contributed by atoms with Crippen LogP contribution in [-0.2, 0) is 9.53 Å². The maximum atomic E-state index is 12.6. The number of rotatable bonds is 4. The summed E-state index contributed by atoms with van der Waals surface area (Å²) in [5.41, 5.74) is 7.12. The van der Waals surface area contributed by atoms with E-state index in [1.54, 1.807) is 0 Å². The highest BCUT2D eigenvalue weighted by Gasteiger charge is 2.33. The number of nitrogens with one attached hydrogen (secondary N) is 1. The SMILES string of the molecule is Cc1ccc(-c2c([C@H](OC(C)(C)C)C(=O)O)c(C)c3[nH]c4cc5ccccc5cc4c3c2C)cc1. The van der Waals surface area contributed by atoms with E-state index in [1.165, 1.54) is 10.8 Å². The Hall–Kier alpha value is -3.63. The van der Waals surface area contributed by atoms with E-state index in [0.29, 0.717) is 5.56 Å². The van der Waals surface area contributed by atoms with Crippen LogP contribution in [0.2, 0.25) is 0 Å². The molecule has 1 heterocycles. The van der Waals surface area contributed by atoms with Crippen molar-refractivity contribution in [3.05, 3.63) is 82.9 Å². The summed E-state index contributed by atoms with van der Waals surface area (Å²) < 4.78 is 6.18. The molecular weight excluding hydrogens is 434 g/mol. The molecule has 4 aromatic carbocycles. The van der Waals surface area contributed by atoms with E-state index in [-0.39, 0.29) is 0 Å². The predicted octanol–water partition coefficient (Wildman–Crippen LogP) is 8.01. The quantitative estimate of drug-likeness (QED) is 0.283. The zero-order valence-electron chi connectivity index (χ0n) is 21.1. The Morgan fingerprint density at radius 1 is 0.914 bits per heavy atom. The molecule has 5 rings (SSSR count). The van der Waals surface area contributed by atoms with Crippen molar-refractivity contribution in [2.24, 2.45) is 0 Å². The van der Waals surface area contributed by atoms with Gasteiger partial charge in [0.05, 0.1) is 11.1 Å². The molecule has 5 aromatic rings. The minimum absolute atomic E-state index is 0.624. The third-order valence-electron chi connectivity index (χ3n) is 6.76. The van der Waals surface area contributed by atoms with Gasteiger partial charge in [-0.05, 0) is 86.7 Å². The average molecular weight is 466 g/mol. The van der Waals surface area contributed by atoms with Crippen LogP contribution in [0.4, 0.5) is 0 Å². The van der Waals surface area contributed by atoms with Crippen molar-refractivity contribution < 1.29 is 14.6 Å². The molecule has 0 amide bonds. The molecule has 0 radical (unpaired) electrons. The fraction of sp³-hybridized carbons (Fsp3) is 0.258. The summed E-state index contributed by atoms with van der Waals surface area (Å²) in [5, 5.41) is 14.9. The molecule has 0 saturated carbocycles. The van der Waals surface area contributed by atoms with E-state index in [4.69, 9.17) is 4.74 Å². The normalized spacial score (nSPS) is 13.1. The number of aromatic amines is 1. The highest BCUT2D eigenvalue weighted by molar-refractivity contribution is 6.16. The lowest BCUT2D eigenvalue weighted by Gasteiger charge is -2.29. The summed E-state index contributed by atoms with van der Waals surface area (Å²) >= 11 is 0. The summed E-state index contributed by atoms with van der Waals surface area (Å²) in [7, 11) is 0. The van der Waals surface area contributed by atoms with Crippen molar-refractivity contribution >= 4 is 38.5 Å². The highest BCUT2D eigenvalue weighted by atomic mass is 16.5. The average Bonchev–Trinajstić information content (AvgIpc) is 3.17. The molecule has 0 aliphatic heterocycles. The second-order valence-corrected chi connectivity index (χ2v) is 10.5. The summed E-state index contributed by atoms with van der Waals surface area (Å²) in [6, 6.07) is 21.0. The van der Waals surface area contributed by atoms with E-state index in [1.807, 2.05) is 33.8 Å². The predicted molar refractivity (Wildman–Crippen MR) is 144 cm³/mol. The number of aromatic nitrogens is 1. The maximum absolute atomic E-state index is 12.6. The number of ether oxygens (including phenoxy) is 1. The molecule has 4 heteroatoms. The number of carbonyl (C=O) groups is 1. The largest absolute Gasteiger partial charge is 0.479 e. The van der Waals surface area contributed by atoms with E-state index >= 15 is 0 Å². The number of fused-ring (bicyclic) bond motifs is 4. The minimum atomic E-state index is -1.10. The second kappa shape index (κ2) is 8.24. The second-order valence-electron chi connectivity index (χ2n) is 10.5. The fourth-order valence-corrected chi connectivity index (χ4v) is 5.21. The van der Waals surface area contributed by atoms with Gasteiger partial charge in [0.1, 0.15) is 0 Å². The smallest absolute Gasteiger partial charge is 0.337 e. The van der Waals surface area contributed by atoms with Crippen molar-refractivity contribution in [3.63, 3.8) is 0 Å². The van der Waals surface area contributed by atoms with E-state index in [0.717, 1.165) is 49.6 Å². The minimum Gasteiger partial charge on any atom is -0.479 e. The third kappa shape index (κ3) is 3.98. The first-order valence-corrected chi connectivity index (χ1v) is 12.0. The number of H-pyrrole nitrogens is 1. The summed E-state index contributed by atoms with van der Waals surface area (Å²) in [4.78, 5) is 16.2. The standard InChI is InChI=1S/C31H31NO3/c1-17-11-13-20(14-12-17)25-18(2)26-23-15-21-9-7-8-10-22(21)16-24(23)32-28(26)19(3)27(25)29(30(33)34)35-31(4,5)6/h7-16,29,32H,1-6H3,(H,33,34)/t29-/m0/s1. The number of benzene rings is 4. The topological polar surface area (TPSA) is 62.3 Å². The van der Waals surface area contributed by atoms with Gasteiger partial charge in [0.15, 0.2) is 6.10 Å². The Morgan fingerprint density at radius 3 is 2.14 bits per heavy atom. The first-order valence-electron chi connectivity index (χ1n) is 12.0. The molecule has 178 valence electrons. The van der Waals surface area contributed by atoms with Crippen molar-refractivity contribution in [1.29, 1.82) is 0 Å². The number of carboxylic acids is 1. The van der Waals surface area contributed by atoms with Crippen LogP contribution in [0.15, 0.2) is 60.7 Å². The number of aryl methyl sites for hydroxylation is 3. The van der Waals surface area contributed by atoms with Gasteiger partial charge in [0.2, 0.25) is 0 Å². The molecule has 0 bridgehead atoms. The number of carboxylic acid groups (broad SMARTS) is 1. The Labute approximate surface area is 205 Å². The van der Waals surface area contributed by atoms with Crippen molar-refractivity contribution in [3.8, 4) is 11.1 Å². The summed E-state index contributed by atoms with van der Waals surface area (Å²) in [5.74, 6) is -0.989. The Morgan fingerprint density at radius 2 is 1.54 bits per heavy atom. The van der Waals surface area contributed by atoms with Crippen LogP contribution in [0.25, 0.3) is 43.7 Å². The Kier molecular flexibility index (Phi) is 5.45. The first-order chi connectivity index (χ1) is 16.5. The summed E-state index contributed by atoms with van der Waals surface area (Å²) in [6.45, 7) is 11.8. The van der Waals surface area contributed by atoms with Gasteiger partial charge in [0.25, 0.3) is 0 Å². The van der Waals surface area contributed by atoms with E-state index in [2.05, 4.69) is 73.4 Å². The highest BCUT2D eigenvalue weighted by Crippen LogP contribution is 2.44. The molecule has 0 saturated heterocycles. The van der Waals surface area contributed by atoms with Crippen LogP contribution in [0.3, 0.4) is 0 Å². The zero-order chi connectivity index (χ0) is 25.1. The van der Waals surface area contributed by atoms with E-state index in [9.17, 15) is 9.90 Å². The molecule has 2 N–H and O–H groups in total. The first kappa shape index (κ1) is 23.1. The number of hydrogen-bond acceptors (Lipinski definition) is 2. The van der Waals surface area contributed by atoms with Gasteiger partial charge < -0.3 is 14.8 Å². The van der Waals surface area contributed by atoms with Gasteiger partial charge in [-0.15, -0.1) is 0 Å². The van der Waals surface area contributed by atoms with Crippen LogP contribution in [0.1, 0.15) is 49.1 Å². The third-order valence-corrected chi connectivity index (χ3v) is 6.76. The van der Waals surface area contributed by atoms with Crippen molar-refractivity contribution in [2.45, 2.75) is 53.2 Å². The molecule has 1 aromatic heterocycles. The molecule has 4 nitrogen and oxygen atoms in total. The van der Waals surface area contributed by atoms with Crippen LogP contribution in [-0.4, -0.2) is 21.7 Å². The lowest BCUT2D eigenvalue weighted by Crippen LogP contribution is -2.28. The van der Waals surface area contributed by atoms with Gasteiger partial charge in [0, 0.05) is 21.9 Å². The number of hydrogen-bond donors (Lipinski definition) is 2. The van der Waals surface area contributed by atoms with Gasteiger partial charge in [-0.1, -0.05) is 54.1 Å². The molecule has 0 spiro atoms. The molecule has 0 fully saturated rings. The fourth-order valence-electron chi connectivity index (χ4n) is 5.21. The lowest BCUT2D eigenvalue weighted by atomic mass is 9.85. The molecule has 35 heavy (non-hydrogen) atoms. The van der Waals surface area contributed by atoms with Crippen molar-refractivity contribution in [2.75, 3.05) is 0 Å². The van der Waals surface area contributed by atoms with Gasteiger partial charge >= 0.3 is 5.97 Å². The van der Waals surface area contributed by atoms with Crippen LogP contribution in [0.5, 0.6) is 0 Å². The Bertz CT molecular complexity index is 1600. The zero-order valence-corrected chi connectivity index (χ0v) is 21.1. The van der Waals surface area contributed by atoms with Crippen molar-refractivity contribution in [1.82, 2.24) is 4.98 Å². The van der Waals surface area contributed by atoms with Crippen LogP contribution < -0.4 is 0 Å². The monoisotopic (exact) mass is 465 g/mol. The maximum Gasteiger partial charge on any atom is 0.337 e. The number of aliphatic carboxylic acids is 1. The van der Waals surface area contributed by atoms with Crippen LogP contribution >= 0.6 is 0 Å². The molecule has 0 unspecified atom stereocenters. The van der Waals surface area contributed by atoms with Crippen LogP contribution in [0, 0.1) is 20.8 Å². The van der Waals surface area contributed by atoms with Gasteiger partial charge in [-0.3, -0.25) is 0 Å². The van der Waals surface area contributed by atoms with Gasteiger partial charge in [-0.2, -0.15) is 0 Å². The summed E-state index contributed by atoms with van der Waals surface area (Å²) in [6.07, 6.45) is -1.10. The molecule has 1 atom stereocenters. The molecule has 0 aliphatic carbocycles. The Balaban J connectivity index is 1.93. The molecular formula is C31H31NO3. The lowest BCUT2D eigenvalue weighted by molar-refractivity contribution is -0.160. The van der Waals surface area contributed by atoms with Gasteiger partial charge in [-0.25, -0.2) is 4.79 Å².